The molecule has 0 N–H and O–H groups in total. The fourth-order valence-corrected chi connectivity index (χ4v) is 1.31. The summed E-state index contributed by atoms with van der Waals surface area (Å²) < 4.78 is 9.57. The molecule has 0 spiro atoms. The van der Waals surface area contributed by atoms with Gasteiger partial charge in [0.15, 0.2) is 5.92 Å². The van der Waals surface area contributed by atoms with Crippen LogP contribution in [0.15, 0.2) is 0 Å². The quantitative estimate of drug-likeness (QED) is 0.370. The Morgan fingerprint density at radius 1 is 1.12 bits per heavy atom. The highest BCUT2D eigenvalue weighted by molar-refractivity contribution is 5.95. The van der Waals surface area contributed by atoms with E-state index in [2.05, 4.69) is 0 Å². The van der Waals surface area contributed by atoms with E-state index in [9.17, 15) is 14.4 Å². The lowest BCUT2D eigenvalue weighted by atomic mass is 9.92. The average molecular weight is 230 g/mol. The van der Waals surface area contributed by atoms with E-state index in [0.717, 1.165) is 0 Å². The van der Waals surface area contributed by atoms with E-state index in [-0.39, 0.29) is 19.6 Å². The number of esters is 2. The monoisotopic (exact) mass is 230 g/mol. The number of aldehydes is 1. The Morgan fingerprint density at radius 3 is 1.88 bits per heavy atom. The molecular weight excluding hydrogens is 212 g/mol. The first-order valence-electron chi connectivity index (χ1n) is 5.35. The minimum atomic E-state index is -1.01. The van der Waals surface area contributed by atoms with Gasteiger partial charge in [-0.05, 0) is 19.8 Å². The molecule has 0 aromatic heterocycles. The lowest BCUT2D eigenvalue weighted by molar-refractivity contribution is -0.164. The molecule has 0 aromatic carbocycles. The third kappa shape index (κ3) is 4.42. The zero-order valence-corrected chi connectivity index (χ0v) is 9.89. The van der Waals surface area contributed by atoms with Crippen LogP contribution in [0, 0.1) is 11.8 Å². The molecule has 0 saturated carbocycles. The molecule has 92 valence electrons. The highest BCUT2D eigenvalue weighted by Crippen LogP contribution is 2.18. The van der Waals surface area contributed by atoms with Gasteiger partial charge in [0.25, 0.3) is 0 Å². The van der Waals surface area contributed by atoms with Crippen LogP contribution in [-0.4, -0.2) is 31.4 Å². The molecule has 16 heavy (non-hydrogen) atoms. The van der Waals surface area contributed by atoms with Crippen LogP contribution in [0.4, 0.5) is 0 Å². The van der Waals surface area contributed by atoms with Crippen molar-refractivity contribution >= 4 is 18.2 Å². The van der Waals surface area contributed by atoms with Crippen LogP contribution in [0.5, 0.6) is 0 Å². The van der Waals surface area contributed by atoms with E-state index >= 15 is 0 Å². The first-order chi connectivity index (χ1) is 7.58. The Bertz CT molecular complexity index is 231. The predicted octanol–water partition coefficient (Wildman–Crippen LogP) is 0.954. The molecule has 0 unspecified atom stereocenters. The van der Waals surface area contributed by atoms with Gasteiger partial charge in [0.1, 0.15) is 6.29 Å². The summed E-state index contributed by atoms with van der Waals surface area (Å²) in [6.07, 6.45) is 0.804. The van der Waals surface area contributed by atoms with E-state index in [0.29, 0.717) is 6.29 Å². The van der Waals surface area contributed by atoms with Gasteiger partial charge in [0.05, 0.1) is 13.2 Å². The third-order valence-electron chi connectivity index (χ3n) is 2.12. The first kappa shape index (κ1) is 14.6. The van der Waals surface area contributed by atoms with Crippen molar-refractivity contribution in [2.45, 2.75) is 27.2 Å². The number of rotatable bonds is 7. The molecule has 0 heterocycles. The van der Waals surface area contributed by atoms with Gasteiger partial charge in [-0.15, -0.1) is 0 Å². The Balaban J connectivity index is 4.66. The van der Waals surface area contributed by atoms with E-state index in [1.54, 1.807) is 20.8 Å². The summed E-state index contributed by atoms with van der Waals surface area (Å²) in [6, 6.07) is 0. The summed E-state index contributed by atoms with van der Waals surface area (Å²) in [5, 5.41) is 0. The Labute approximate surface area is 95.1 Å². The van der Waals surface area contributed by atoms with Crippen molar-refractivity contribution in [2.75, 3.05) is 13.2 Å². The maximum atomic E-state index is 11.5. The zero-order valence-electron chi connectivity index (χ0n) is 9.89. The standard InChI is InChI=1S/C11H18O5/c1-4-15-10(13)9(8(3)6-7-12)11(14)16-5-2/h7-9H,4-6H2,1-3H3/t8-/m0/s1. The van der Waals surface area contributed by atoms with Crippen LogP contribution in [0.25, 0.3) is 0 Å². The summed E-state index contributed by atoms with van der Waals surface area (Å²) in [7, 11) is 0. The largest absolute Gasteiger partial charge is 0.465 e. The second kappa shape index (κ2) is 7.84. The maximum absolute atomic E-state index is 11.5. The lowest BCUT2D eigenvalue weighted by Gasteiger charge is -2.18. The molecule has 5 heteroatoms. The van der Waals surface area contributed by atoms with Crippen LogP contribution in [0.3, 0.4) is 0 Å². The summed E-state index contributed by atoms with van der Waals surface area (Å²) in [5.41, 5.74) is 0. The third-order valence-corrected chi connectivity index (χ3v) is 2.12. The molecule has 0 aliphatic rings. The molecule has 1 atom stereocenters. The van der Waals surface area contributed by atoms with Gasteiger partial charge in [-0.2, -0.15) is 0 Å². The number of hydrogen-bond donors (Lipinski definition) is 0. The zero-order chi connectivity index (χ0) is 12.6. The average Bonchev–Trinajstić information content (AvgIpc) is 2.19. The topological polar surface area (TPSA) is 69.7 Å². The fourth-order valence-electron chi connectivity index (χ4n) is 1.31. The highest BCUT2D eigenvalue weighted by Gasteiger charge is 2.34. The van der Waals surface area contributed by atoms with Crippen molar-refractivity contribution in [1.82, 2.24) is 0 Å². The Kier molecular flexibility index (Phi) is 7.16. The van der Waals surface area contributed by atoms with Gasteiger partial charge in [-0.25, -0.2) is 0 Å². The minimum Gasteiger partial charge on any atom is -0.465 e. The molecule has 0 rings (SSSR count). The molecule has 0 radical (unpaired) electrons. The van der Waals surface area contributed by atoms with Crippen LogP contribution >= 0.6 is 0 Å². The van der Waals surface area contributed by atoms with Crippen molar-refractivity contribution in [1.29, 1.82) is 0 Å². The smallest absolute Gasteiger partial charge is 0.320 e. The fraction of sp³-hybridized carbons (Fsp3) is 0.727. The summed E-state index contributed by atoms with van der Waals surface area (Å²) in [5.74, 6) is -2.67. The molecule has 0 aliphatic carbocycles. The predicted molar refractivity (Wildman–Crippen MR) is 56.6 cm³/mol. The molecule has 0 aromatic rings. The molecule has 0 saturated heterocycles. The van der Waals surface area contributed by atoms with Gasteiger partial charge >= 0.3 is 11.9 Å². The minimum absolute atomic E-state index is 0.127. The summed E-state index contributed by atoms with van der Waals surface area (Å²) in [6.45, 7) is 5.35. The van der Waals surface area contributed by atoms with Crippen molar-refractivity contribution < 1.29 is 23.9 Å². The molecule has 5 nitrogen and oxygen atoms in total. The maximum Gasteiger partial charge on any atom is 0.320 e. The van der Waals surface area contributed by atoms with Crippen LogP contribution in [-0.2, 0) is 23.9 Å². The van der Waals surface area contributed by atoms with Gasteiger partial charge < -0.3 is 14.3 Å². The second-order valence-electron chi connectivity index (χ2n) is 3.36. The lowest BCUT2D eigenvalue weighted by Crippen LogP contribution is -2.33. The highest BCUT2D eigenvalue weighted by atomic mass is 16.6. The second-order valence-corrected chi connectivity index (χ2v) is 3.36. The number of carbonyl (C=O) groups is 3. The van der Waals surface area contributed by atoms with Crippen molar-refractivity contribution in [3.63, 3.8) is 0 Å². The van der Waals surface area contributed by atoms with Crippen LogP contribution in [0.2, 0.25) is 0 Å². The van der Waals surface area contributed by atoms with Crippen molar-refractivity contribution in [3.05, 3.63) is 0 Å². The van der Waals surface area contributed by atoms with Gasteiger partial charge in [0, 0.05) is 6.42 Å². The Morgan fingerprint density at radius 2 is 1.56 bits per heavy atom. The summed E-state index contributed by atoms with van der Waals surface area (Å²) >= 11 is 0. The molecule has 0 bridgehead atoms. The van der Waals surface area contributed by atoms with E-state index in [4.69, 9.17) is 9.47 Å². The van der Waals surface area contributed by atoms with Gasteiger partial charge in [0.2, 0.25) is 0 Å². The van der Waals surface area contributed by atoms with Crippen molar-refractivity contribution in [2.24, 2.45) is 11.8 Å². The Hall–Kier alpha value is -1.39. The number of hydrogen-bond acceptors (Lipinski definition) is 5. The van der Waals surface area contributed by atoms with E-state index < -0.39 is 23.8 Å². The molecule has 0 amide bonds. The van der Waals surface area contributed by atoms with Gasteiger partial charge in [-0.3, -0.25) is 9.59 Å². The van der Waals surface area contributed by atoms with E-state index in [1.807, 2.05) is 0 Å². The molecule has 0 fully saturated rings. The molecular formula is C11H18O5. The van der Waals surface area contributed by atoms with Gasteiger partial charge in [-0.1, -0.05) is 6.92 Å². The molecule has 0 aliphatic heterocycles. The summed E-state index contributed by atoms with van der Waals surface area (Å²) in [4.78, 5) is 33.5. The first-order valence-corrected chi connectivity index (χ1v) is 5.35. The SMILES string of the molecule is CCOC(=O)C(C(=O)OCC)[C@@H](C)CC=O. The van der Waals surface area contributed by atoms with Crippen molar-refractivity contribution in [3.8, 4) is 0 Å². The van der Waals surface area contributed by atoms with E-state index in [1.165, 1.54) is 0 Å². The normalized spacial score (nSPS) is 12.0. The van der Waals surface area contributed by atoms with Crippen LogP contribution < -0.4 is 0 Å². The number of ether oxygens (including phenoxy) is 2. The van der Waals surface area contributed by atoms with Crippen LogP contribution in [0.1, 0.15) is 27.2 Å². The number of carbonyl (C=O) groups excluding carboxylic acids is 3.